The van der Waals surface area contributed by atoms with Crippen LogP contribution >= 0.6 is 11.6 Å². The lowest BCUT2D eigenvalue weighted by Crippen LogP contribution is -2.19. The van der Waals surface area contributed by atoms with E-state index in [9.17, 15) is 18.0 Å². The second-order valence-corrected chi connectivity index (χ2v) is 4.15. The molecule has 18 heavy (non-hydrogen) atoms. The summed E-state index contributed by atoms with van der Waals surface area (Å²) in [5.74, 6) is -0.587. The maximum absolute atomic E-state index is 12.0. The Labute approximate surface area is 105 Å². The Hall–Kier alpha value is -1.47. The molecule has 1 atom stereocenters. The van der Waals surface area contributed by atoms with E-state index in [1.165, 1.54) is 12.1 Å². The average molecular weight is 281 g/mol. The van der Waals surface area contributed by atoms with Crippen molar-refractivity contribution in [2.45, 2.75) is 12.2 Å². The van der Waals surface area contributed by atoms with E-state index in [1.54, 1.807) is 0 Å². The molecule has 1 aliphatic rings. The van der Waals surface area contributed by atoms with E-state index in [2.05, 4.69) is 10.1 Å². The first kappa shape index (κ1) is 13.0. The first-order valence-corrected chi connectivity index (χ1v) is 5.25. The summed E-state index contributed by atoms with van der Waals surface area (Å²) in [6.45, 7) is -1.45. The van der Waals surface area contributed by atoms with Gasteiger partial charge in [-0.05, 0) is 6.07 Å². The van der Waals surface area contributed by atoms with Crippen LogP contribution in [0.1, 0.15) is 11.6 Å². The van der Waals surface area contributed by atoms with Crippen LogP contribution in [0.5, 0.6) is 5.75 Å². The lowest BCUT2D eigenvalue weighted by Gasteiger charge is -2.12. The van der Waals surface area contributed by atoms with Crippen LogP contribution in [-0.2, 0) is 4.79 Å². The number of hydrogen-bond acceptors (Lipinski definition) is 3. The molecule has 1 aromatic rings. The van der Waals surface area contributed by atoms with Crippen molar-refractivity contribution >= 4 is 23.2 Å². The van der Waals surface area contributed by atoms with Crippen LogP contribution in [-0.4, -0.2) is 18.7 Å². The molecule has 0 bridgehead atoms. The van der Waals surface area contributed by atoms with Gasteiger partial charge in [0.05, 0.1) is 5.02 Å². The van der Waals surface area contributed by atoms with Gasteiger partial charge in [-0.15, -0.1) is 0 Å². The van der Waals surface area contributed by atoms with Crippen LogP contribution in [0.4, 0.5) is 18.9 Å². The second-order valence-electron chi connectivity index (χ2n) is 3.74. The Morgan fingerprint density at radius 2 is 2.11 bits per heavy atom. The second kappa shape index (κ2) is 4.33. The number of nitrogens with one attached hydrogen (secondary N) is 1. The molecule has 0 radical (unpaired) electrons. The summed E-state index contributed by atoms with van der Waals surface area (Å²) in [6, 6.07) is 1.69. The van der Waals surface area contributed by atoms with Gasteiger partial charge in [-0.3, -0.25) is 4.79 Å². The molecule has 0 fully saturated rings. The smallest absolute Gasteiger partial charge is 0.422 e. The number of amides is 1. The third-order valence-corrected chi connectivity index (χ3v) is 2.67. The third-order valence-electron chi connectivity index (χ3n) is 2.37. The number of hydrogen-bond donors (Lipinski definition) is 2. The van der Waals surface area contributed by atoms with E-state index in [-0.39, 0.29) is 10.8 Å². The molecular weight excluding hydrogens is 273 g/mol. The molecule has 1 aliphatic heterocycles. The van der Waals surface area contributed by atoms with Crippen LogP contribution in [0, 0.1) is 0 Å². The number of nitrogens with two attached hydrogens (primary N) is 1. The van der Waals surface area contributed by atoms with E-state index in [0.29, 0.717) is 11.3 Å². The quantitative estimate of drug-likeness (QED) is 0.873. The highest BCUT2D eigenvalue weighted by Crippen LogP contribution is 2.38. The maximum atomic E-state index is 12.0. The van der Waals surface area contributed by atoms with Crippen molar-refractivity contribution in [2.24, 2.45) is 5.73 Å². The van der Waals surface area contributed by atoms with Crippen LogP contribution in [0.25, 0.3) is 0 Å². The summed E-state index contributed by atoms with van der Waals surface area (Å²) in [7, 11) is 0. The molecular formula is C10H8ClF3N2O2. The van der Waals surface area contributed by atoms with Crippen molar-refractivity contribution in [3.05, 3.63) is 22.7 Å². The van der Waals surface area contributed by atoms with E-state index in [0.717, 1.165) is 0 Å². The number of carbonyl (C=O) groups is 1. The predicted molar refractivity (Wildman–Crippen MR) is 58.6 cm³/mol. The van der Waals surface area contributed by atoms with Crippen LogP contribution in [0.3, 0.4) is 0 Å². The molecule has 8 heteroatoms. The average Bonchev–Trinajstić information content (AvgIpc) is 2.51. The molecule has 1 heterocycles. The van der Waals surface area contributed by atoms with Crippen molar-refractivity contribution < 1.29 is 22.7 Å². The summed E-state index contributed by atoms with van der Waals surface area (Å²) >= 11 is 5.76. The standard InChI is InChI=1S/C10H8ClF3N2O2/c11-5-1-4-6(16-9(17)8(4)15)2-7(5)18-3-10(12,13)14/h1-2,8H,3,15H2,(H,16,17). The van der Waals surface area contributed by atoms with Gasteiger partial charge in [-0.25, -0.2) is 0 Å². The van der Waals surface area contributed by atoms with Crippen molar-refractivity contribution in [2.75, 3.05) is 11.9 Å². The molecule has 0 saturated carbocycles. The van der Waals surface area contributed by atoms with Gasteiger partial charge >= 0.3 is 6.18 Å². The molecule has 0 saturated heterocycles. The SMILES string of the molecule is NC1C(=O)Nc2cc(OCC(F)(F)F)c(Cl)cc21. The number of rotatable bonds is 2. The largest absolute Gasteiger partial charge is 0.482 e. The molecule has 0 aromatic heterocycles. The molecule has 1 aromatic carbocycles. The number of ether oxygens (including phenoxy) is 1. The Morgan fingerprint density at radius 3 is 2.72 bits per heavy atom. The zero-order chi connectivity index (χ0) is 13.5. The Bertz CT molecular complexity index is 505. The van der Waals surface area contributed by atoms with Crippen molar-refractivity contribution in [3.8, 4) is 5.75 Å². The number of fused-ring (bicyclic) bond motifs is 1. The first-order valence-electron chi connectivity index (χ1n) is 4.87. The minimum absolute atomic E-state index is 0.0232. The van der Waals surface area contributed by atoms with Gasteiger partial charge in [0.15, 0.2) is 6.61 Å². The van der Waals surface area contributed by atoms with E-state index >= 15 is 0 Å². The first-order chi connectivity index (χ1) is 8.28. The molecule has 0 spiro atoms. The number of carbonyl (C=O) groups excluding carboxylic acids is 1. The summed E-state index contributed by atoms with van der Waals surface area (Å²) < 4.78 is 40.6. The number of benzene rings is 1. The lowest BCUT2D eigenvalue weighted by molar-refractivity contribution is -0.153. The van der Waals surface area contributed by atoms with E-state index in [1.807, 2.05) is 0 Å². The lowest BCUT2D eigenvalue weighted by atomic mass is 10.1. The normalized spacial score (nSPS) is 18.5. The topological polar surface area (TPSA) is 64.4 Å². The highest BCUT2D eigenvalue weighted by molar-refractivity contribution is 6.32. The van der Waals surface area contributed by atoms with Gasteiger partial charge in [0, 0.05) is 17.3 Å². The van der Waals surface area contributed by atoms with Gasteiger partial charge < -0.3 is 15.8 Å². The number of anilines is 1. The minimum atomic E-state index is -4.46. The van der Waals surface area contributed by atoms with Crippen LogP contribution < -0.4 is 15.8 Å². The van der Waals surface area contributed by atoms with Crippen molar-refractivity contribution in [1.82, 2.24) is 0 Å². The Kier molecular flexibility index (Phi) is 3.12. The number of alkyl halides is 3. The zero-order valence-electron chi connectivity index (χ0n) is 8.84. The Balaban J connectivity index is 2.25. The molecule has 98 valence electrons. The highest BCUT2D eigenvalue weighted by atomic mass is 35.5. The molecule has 1 unspecified atom stereocenters. The van der Waals surface area contributed by atoms with Gasteiger partial charge in [-0.2, -0.15) is 13.2 Å². The maximum Gasteiger partial charge on any atom is 0.422 e. The van der Waals surface area contributed by atoms with Crippen LogP contribution in [0.2, 0.25) is 5.02 Å². The van der Waals surface area contributed by atoms with Gasteiger partial charge in [0.2, 0.25) is 5.91 Å². The molecule has 0 aliphatic carbocycles. The van der Waals surface area contributed by atoms with Gasteiger partial charge in [-0.1, -0.05) is 11.6 Å². The van der Waals surface area contributed by atoms with Gasteiger partial charge in [0.25, 0.3) is 0 Å². The Morgan fingerprint density at radius 1 is 1.44 bits per heavy atom. The van der Waals surface area contributed by atoms with Crippen LogP contribution in [0.15, 0.2) is 12.1 Å². The van der Waals surface area contributed by atoms with E-state index < -0.39 is 24.7 Å². The van der Waals surface area contributed by atoms with E-state index in [4.69, 9.17) is 17.3 Å². The summed E-state index contributed by atoms with van der Waals surface area (Å²) in [4.78, 5) is 11.3. The predicted octanol–water partition coefficient (Wildman–Crippen LogP) is 2.23. The van der Waals surface area contributed by atoms with Gasteiger partial charge in [0.1, 0.15) is 11.8 Å². The zero-order valence-corrected chi connectivity index (χ0v) is 9.60. The van der Waals surface area contributed by atoms with Crippen molar-refractivity contribution in [3.63, 3.8) is 0 Å². The monoisotopic (exact) mass is 280 g/mol. The minimum Gasteiger partial charge on any atom is -0.482 e. The highest BCUT2D eigenvalue weighted by Gasteiger charge is 2.31. The fraction of sp³-hybridized carbons (Fsp3) is 0.300. The summed E-state index contributed by atoms with van der Waals surface area (Å²) in [5.41, 5.74) is 6.31. The fourth-order valence-electron chi connectivity index (χ4n) is 1.56. The molecule has 2 rings (SSSR count). The molecule has 4 nitrogen and oxygen atoms in total. The fourth-order valence-corrected chi connectivity index (χ4v) is 1.78. The number of halogens is 4. The van der Waals surface area contributed by atoms with Crippen molar-refractivity contribution in [1.29, 1.82) is 0 Å². The third kappa shape index (κ3) is 2.51. The molecule has 1 amide bonds. The molecule has 3 N–H and O–H groups in total. The summed E-state index contributed by atoms with van der Waals surface area (Å²) in [6.07, 6.45) is -4.46. The summed E-state index contributed by atoms with van der Waals surface area (Å²) in [5, 5.41) is 2.40.